The number of carbonyl (C=O) groups is 1. The number of para-hydroxylation sites is 1. The Labute approximate surface area is 189 Å². The van der Waals surface area contributed by atoms with Crippen LogP contribution in [0.15, 0.2) is 47.8 Å². The average Bonchev–Trinajstić information content (AvgIpc) is 3.57. The number of hydrogen-bond donors (Lipinski definition) is 2. The van der Waals surface area contributed by atoms with Gasteiger partial charge >= 0.3 is 0 Å². The van der Waals surface area contributed by atoms with Gasteiger partial charge in [-0.2, -0.15) is 5.10 Å². The summed E-state index contributed by atoms with van der Waals surface area (Å²) in [5, 5.41) is 19.6. The molecule has 2 fully saturated rings. The van der Waals surface area contributed by atoms with E-state index in [1.165, 1.54) is 12.8 Å². The molecule has 2 aliphatic carbocycles. The van der Waals surface area contributed by atoms with Crippen molar-refractivity contribution in [2.45, 2.75) is 63.5 Å². The van der Waals surface area contributed by atoms with Gasteiger partial charge in [-0.25, -0.2) is 0 Å². The molecule has 0 spiro atoms. The number of nitrogens with zero attached hydrogens (tertiary/aromatic N) is 3. The zero-order valence-corrected chi connectivity index (χ0v) is 18.5. The van der Waals surface area contributed by atoms with E-state index in [0.29, 0.717) is 12.5 Å². The van der Waals surface area contributed by atoms with E-state index < -0.39 is 0 Å². The van der Waals surface area contributed by atoms with E-state index in [2.05, 4.69) is 39.0 Å². The first-order chi connectivity index (χ1) is 15.7. The minimum Gasteiger partial charge on any atom is -0.395 e. The van der Waals surface area contributed by atoms with E-state index in [1.807, 2.05) is 30.3 Å². The van der Waals surface area contributed by atoms with Crippen LogP contribution in [0.3, 0.4) is 0 Å². The quantitative estimate of drug-likeness (QED) is 0.511. The van der Waals surface area contributed by atoms with Crippen LogP contribution in [0, 0.1) is 11.8 Å². The second kappa shape index (κ2) is 9.27. The SMILES string of the molecule is CC1Nc2ccccc2C1C(=O)N[C@H]1CC[C@H](/C(=N/OCC2CC2)c2cccnn2)CC1. The lowest BCUT2D eigenvalue weighted by Gasteiger charge is -2.30. The van der Waals surface area contributed by atoms with Gasteiger partial charge in [0.15, 0.2) is 0 Å². The van der Waals surface area contributed by atoms with Crippen LogP contribution < -0.4 is 10.6 Å². The molecule has 5 rings (SSSR count). The van der Waals surface area contributed by atoms with Gasteiger partial charge in [0, 0.05) is 29.9 Å². The molecule has 2 aromatic rings. The van der Waals surface area contributed by atoms with Crippen molar-refractivity contribution in [2.24, 2.45) is 17.0 Å². The van der Waals surface area contributed by atoms with Gasteiger partial charge in [0.2, 0.25) is 5.91 Å². The van der Waals surface area contributed by atoms with E-state index >= 15 is 0 Å². The van der Waals surface area contributed by atoms with Crippen molar-refractivity contribution in [1.82, 2.24) is 15.5 Å². The van der Waals surface area contributed by atoms with E-state index in [0.717, 1.165) is 48.3 Å². The lowest BCUT2D eigenvalue weighted by molar-refractivity contribution is -0.123. The Hall–Kier alpha value is -2.96. The van der Waals surface area contributed by atoms with Crippen LogP contribution in [-0.4, -0.2) is 40.5 Å². The largest absolute Gasteiger partial charge is 0.395 e. The molecule has 7 nitrogen and oxygen atoms in total. The molecule has 2 unspecified atom stereocenters. The molecule has 0 bridgehead atoms. The highest BCUT2D eigenvalue weighted by Gasteiger charge is 2.36. The number of amides is 1. The van der Waals surface area contributed by atoms with E-state index in [1.54, 1.807) is 6.20 Å². The predicted octanol–water partition coefficient (Wildman–Crippen LogP) is 3.88. The normalized spacial score (nSPS) is 27.3. The third-order valence-corrected chi connectivity index (χ3v) is 6.93. The summed E-state index contributed by atoms with van der Waals surface area (Å²) in [6.45, 7) is 2.76. The first-order valence-corrected chi connectivity index (χ1v) is 11.8. The van der Waals surface area contributed by atoms with Crippen molar-refractivity contribution in [1.29, 1.82) is 0 Å². The fraction of sp³-hybridized carbons (Fsp3) is 0.520. The highest BCUT2D eigenvalue weighted by molar-refractivity contribution is 6.00. The van der Waals surface area contributed by atoms with Crippen LogP contribution in [0.5, 0.6) is 0 Å². The molecule has 32 heavy (non-hydrogen) atoms. The maximum absolute atomic E-state index is 13.1. The molecule has 1 amide bonds. The summed E-state index contributed by atoms with van der Waals surface area (Å²) in [5.74, 6) is 0.905. The van der Waals surface area contributed by atoms with Crippen molar-refractivity contribution < 1.29 is 9.63 Å². The molecule has 2 heterocycles. The predicted molar refractivity (Wildman–Crippen MR) is 123 cm³/mol. The molecule has 168 valence electrons. The molecule has 0 radical (unpaired) electrons. The molecule has 1 aromatic heterocycles. The number of fused-ring (bicyclic) bond motifs is 1. The molecular formula is C25H31N5O2. The molecule has 1 aliphatic heterocycles. The molecule has 2 saturated carbocycles. The number of rotatable bonds is 7. The Kier molecular flexibility index (Phi) is 6.06. The summed E-state index contributed by atoms with van der Waals surface area (Å²) in [6.07, 6.45) is 7.89. The Morgan fingerprint density at radius 1 is 1.12 bits per heavy atom. The lowest BCUT2D eigenvalue weighted by atomic mass is 9.81. The Balaban J connectivity index is 1.20. The van der Waals surface area contributed by atoms with Gasteiger partial charge in [0.05, 0.1) is 5.92 Å². The summed E-state index contributed by atoms with van der Waals surface area (Å²) >= 11 is 0. The molecule has 2 N–H and O–H groups in total. The standard InChI is InChI=1S/C25H31N5O2/c1-16-23(20-5-2-3-6-21(20)27-16)25(31)28-19-12-10-18(11-13-19)24(22-7-4-14-26-29-22)30-32-15-17-8-9-17/h2-7,14,16-19,23,27H,8-13,15H2,1H3,(H,28,31)/b30-24-/t16?,18-,19-,23?. The summed E-state index contributed by atoms with van der Waals surface area (Å²) in [5.41, 5.74) is 3.85. The number of anilines is 1. The van der Waals surface area contributed by atoms with Crippen molar-refractivity contribution >= 4 is 17.3 Å². The number of aromatic nitrogens is 2. The van der Waals surface area contributed by atoms with Gasteiger partial charge in [-0.15, -0.1) is 5.10 Å². The molecule has 0 saturated heterocycles. The Morgan fingerprint density at radius 2 is 1.94 bits per heavy atom. The number of oxime groups is 1. The van der Waals surface area contributed by atoms with Crippen LogP contribution in [-0.2, 0) is 9.63 Å². The summed E-state index contributed by atoms with van der Waals surface area (Å²) in [6, 6.07) is 12.2. The fourth-order valence-corrected chi connectivity index (χ4v) is 4.93. The second-order valence-electron chi connectivity index (χ2n) is 9.38. The number of hydrogen-bond acceptors (Lipinski definition) is 6. The first-order valence-electron chi connectivity index (χ1n) is 11.8. The van der Waals surface area contributed by atoms with Gasteiger partial charge in [-0.3, -0.25) is 4.79 Å². The molecule has 1 aromatic carbocycles. The van der Waals surface area contributed by atoms with Crippen LogP contribution in [0.1, 0.15) is 62.6 Å². The van der Waals surface area contributed by atoms with Crippen LogP contribution >= 0.6 is 0 Å². The minimum absolute atomic E-state index is 0.0998. The van der Waals surface area contributed by atoms with Gasteiger partial charge in [-0.05, 0) is 75.1 Å². The van der Waals surface area contributed by atoms with Crippen molar-refractivity contribution in [3.63, 3.8) is 0 Å². The molecule has 7 heteroatoms. The summed E-state index contributed by atoms with van der Waals surface area (Å²) in [4.78, 5) is 18.8. The third kappa shape index (κ3) is 4.61. The average molecular weight is 434 g/mol. The van der Waals surface area contributed by atoms with Crippen LogP contribution in [0.25, 0.3) is 0 Å². The first kappa shape index (κ1) is 20.9. The highest BCUT2D eigenvalue weighted by Crippen LogP contribution is 2.36. The van der Waals surface area contributed by atoms with Crippen molar-refractivity contribution in [2.75, 3.05) is 11.9 Å². The third-order valence-electron chi connectivity index (χ3n) is 6.93. The molecular weight excluding hydrogens is 402 g/mol. The summed E-state index contributed by atoms with van der Waals surface area (Å²) in [7, 11) is 0. The topological polar surface area (TPSA) is 88.5 Å². The number of nitrogens with one attached hydrogen (secondary N) is 2. The van der Waals surface area contributed by atoms with Crippen LogP contribution in [0.4, 0.5) is 5.69 Å². The molecule has 2 atom stereocenters. The van der Waals surface area contributed by atoms with Gasteiger partial charge in [0.1, 0.15) is 18.0 Å². The Morgan fingerprint density at radius 3 is 2.69 bits per heavy atom. The Bertz CT molecular complexity index is 967. The van der Waals surface area contributed by atoms with E-state index in [9.17, 15) is 4.79 Å². The van der Waals surface area contributed by atoms with Gasteiger partial charge in [-0.1, -0.05) is 23.4 Å². The van der Waals surface area contributed by atoms with Gasteiger partial charge in [0.25, 0.3) is 0 Å². The number of benzene rings is 1. The fourth-order valence-electron chi connectivity index (χ4n) is 4.93. The van der Waals surface area contributed by atoms with Crippen molar-refractivity contribution in [3.8, 4) is 0 Å². The second-order valence-corrected chi connectivity index (χ2v) is 9.38. The summed E-state index contributed by atoms with van der Waals surface area (Å²) < 4.78 is 0. The zero-order chi connectivity index (χ0) is 21.9. The van der Waals surface area contributed by atoms with E-state index in [4.69, 9.17) is 4.84 Å². The maximum atomic E-state index is 13.1. The number of carbonyl (C=O) groups excluding carboxylic acids is 1. The highest BCUT2D eigenvalue weighted by atomic mass is 16.6. The molecule has 3 aliphatic rings. The lowest BCUT2D eigenvalue weighted by Crippen LogP contribution is -2.43. The van der Waals surface area contributed by atoms with Crippen molar-refractivity contribution in [3.05, 3.63) is 53.9 Å². The zero-order valence-electron chi connectivity index (χ0n) is 18.5. The maximum Gasteiger partial charge on any atom is 0.229 e. The van der Waals surface area contributed by atoms with E-state index in [-0.39, 0.29) is 29.8 Å². The monoisotopic (exact) mass is 433 g/mol. The smallest absolute Gasteiger partial charge is 0.229 e. The van der Waals surface area contributed by atoms with Gasteiger partial charge < -0.3 is 15.5 Å². The van der Waals surface area contributed by atoms with Crippen LogP contribution in [0.2, 0.25) is 0 Å². The minimum atomic E-state index is -0.142.